The Bertz CT molecular complexity index is 870. The highest BCUT2D eigenvalue weighted by Gasteiger charge is 2.11. The quantitative estimate of drug-likeness (QED) is 0.690. The predicted molar refractivity (Wildman–Crippen MR) is 100 cm³/mol. The molecular formula is C19H18FN3OS. The standard InChI is InChI=1S/C19H18FN3OS/c1-12-4-3-5-13(2)18(12)23-17(24)10-16-11-25-19(22-16)21-15-8-6-14(20)7-9-15/h3-9,11H,10H2,1-2H3,(H,21,22)(H,23,24). The zero-order valence-corrected chi connectivity index (χ0v) is 14.8. The summed E-state index contributed by atoms with van der Waals surface area (Å²) in [6, 6.07) is 12.0. The van der Waals surface area contributed by atoms with Gasteiger partial charge in [0.1, 0.15) is 5.82 Å². The molecule has 4 nitrogen and oxygen atoms in total. The van der Waals surface area contributed by atoms with Crippen LogP contribution in [-0.4, -0.2) is 10.9 Å². The van der Waals surface area contributed by atoms with Crippen molar-refractivity contribution in [1.29, 1.82) is 0 Å². The number of thiazole rings is 1. The number of benzene rings is 2. The second-order valence-corrected chi connectivity index (χ2v) is 6.63. The summed E-state index contributed by atoms with van der Waals surface area (Å²) < 4.78 is 12.9. The van der Waals surface area contributed by atoms with E-state index in [0.29, 0.717) is 10.8 Å². The molecule has 3 rings (SSSR count). The average molecular weight is 355 g/mol. The Kier molecular flexibility index (Phi) is 5.09. The van der Waals surface area contributed by atoms with Gasteiger partial charge in [-0.1, -0.05) is 18.2 Å². The largest absolute Gasteiger partial charge is 0.332 e. The number of nitrogens with zero attached hydrogens (tertiary/aromatic N) is 1. The van der Waals surface area contributed by atoms with Crippen molar-refractivity contribution in [3.8, 4) is 0 Å². The Morgan fingerprint density at radius 3 is 2.48 bits per heavy atom. The van der Waals surface area contributed by atoms with Crippen LogP contribution in [0.15, 0.2) is 47.8 Å². The highest BCUT2D eigenvalue weighted by atomic mass is 32.1. The van der Waals surface area contributed by atoms with E-state index >= 15 is 0 Å². The molecule has 0 radical (unpaired) electrons. The molecule has 128 valence electrons. The molecule has 1 amide bonds. The average Bonchev–Trinajstić information content (AvgIpc) is 3.00. The van der Waals surface area contributed by atoms with Crippen LogP contribution in [0, 0.1) is 19.7 Å². The second kappa shape index (κ2) is 7.44. The van der Waals surface area contributed by atoms with Crippen LogP contribution in [0.2, 0.25) is 0 Å². The topological polar surface area (TPSA) is 54.0 Å². The number of aromatic nitrogens is 1. The predicted octanol–water partition coefficient (Wildman–Crippen LogP) is 4.82. The lowest BCUT2D eigenvalue weighted by molar-refractivity contribution is -0.115. The van der Waals surface area contributed by atoms with Crippen molar-refractivity contribution in [3.05, 3.63) is 70.5 Å². The van der Waals surface area contributed by atoms with Crippen molar-refractivity contribution >= 4 is 33.8 Å². The maximum atomic E-state index is 12.9. The lowest BCUT2D eigenvalue weighted by Gasteiger charge is -2.10. The molecule has 0 atom stereocenters. The number of aryl methyl sites for hydroxylation is 2. The van der Waals surface area contributed by atoms with Crippen LogP contribution in [0.4, 0.5) is 20.9 Å². The van der Waals surface area contributed by atoms with Crippen LogP contribution in [0.5, 0.6) is 0 Å². The summed E-state index contributed by atoms with van der Waals surface area (Å²) in [4.78, 5) is 16.7. The van der Waals surface area contributed by atoms with Crippen molar-refractivity contribution in [2.45, 2.75) is 20.3 Å². The Morgan fingerprint density at radius 2 is 1.80 bits per heavy atom. The van der Waals surface area contributed by atoms with E-state index in [1.54, 1.807) is 12.1 Å². The van der Waals surface area contributed by atoms with Gasteiger partial charge in [-0.15, -0.1) is 11.3 Å². The smallest absolute Gasteiger partial charge is 0.230 e. The monoisotopic (exact) mass is 355 g/mol. The van der Waals surface area contributed by atoms with Gasteiger partial charge in [0.25, 0.3) is 0 Å². The molecule has 0 fully saturated rings. The Hall–Kier alpha value is -2.73. The summed E-state index contributed by atoms with van der Waals surface area (Å²) in [6.07, 6.45) is 0.204. The normalized spacial score (nSPS) is 10.5. The summed E-state index contributed by atoms with van der Waals surface area (Å²) in [5, 5.41) is 8.57. The zero-order valence-electron chi connectivity index (χ0n) is 14.0. The van der Waals surface area contributed by atoms with Crippen molar-refractivity contribution in [2.75, 3.05) is 10.6 Å². The molecule has 0 saturated carbocycles. The van der Waals surface area contributed by atoms with Gasteiger partial charge in [-0.3, -0.25) is 4.79 Å². The number of carbonyl (C=O) groups is 1. The summed E-state index contributed by atoms with van der Waals surface area (Å²) in [5.74, 6) is -0.385. The first kappa shape index (κ1) is 17.1. The number of hydrogen-bond donors (Lipinski definition) is 2. The highest BCUT2D eigenvalue weighted by Crippen LogP contribution is 2.23. The Labute approximate surface area is 149 Å². The number of para-hydroxylation sites is 1. The molecule has 2 N–H and O–H groups in total. The zero-order chi connectivity index (χ0) is 17.8. The first-order valence-corrected chi connectivity index (χ1v) is 8.72. The number of anilines is 3. The van der Waals surface area contributed by atoms with Gasteiger partial charge in [0.15, 0.2) is 5.13 Å². The van der Waals surface area contributed by atoms with E-state index in [-0.39, 0.29) is 18.1 Å². The van der Waals surface area contributed by atoms with Gasteiger partial charge in [-0.2, -0.15) is 0 Å². The summed E-state index contributed by atoms with van der Waals surface area (Å²) >= 11 is 1.41. The fourth-order valence-electron chi connectivity index (χ4n) is 2.46. The molecule has 0 aliphatic rings. The third-order valence-corrected chi connectivity index (χ3v) is 4.54. The number of hydrogen-bond acceptors (Lipinski definition) is 4. The molecule has 0 saturated heterocycles. The van der Waals surface area contributed by atoms with Gasteiger partial charge >= 0.3 is 0 Å². The molecule has 0 bridgehead atoms. The fourth-order valence-corrected chi connectivity index (χ4v) is 3.19. The Morgan fingerprint density at radius 1 is 1.12 bits per heavy atom. The van der Waals surface area contributed by atoms with Gasteiger partial charge in [0.05, 0.1) is 12.1 Å². The molecule has 0 aliphatic heterocycles. The van der Waals surface area contributed by atoms with Crippen LogP contribution >= 0.6 is 11.3 Å². The van der Waals surface area contributed by atoms with E-state index in [1.807, 2.05) is 37.4 Å². The number of rotatable bonds is 5. The van der Waals surface area contributed by atoms with E-state index in [9.17, 15) is 9.18 Å². The van der Waals surface area contributed by atoms with Crippen LogP contribution in [0.1, 0.15) is 16.8 Å². The lowest BCUT2D eigenvalue weighted by Crippen LogP contribution is -2.16. The number of carbonyl (C=O) groups excluding carboxylic acids is 1. The molecular weight excluding hydrogens is 337 g/mol. The molecule has 1 heterocycles. The van der Waals surface area contributed by atoms with Gasteiger partial charge in [-0.25, -0.2) is 9.37 Å². The van der Waals surface area contributed by atoms with E-state index < -0.39 is 0 Å². The van der Waals surface area contributed by atoms with Crippen LogP contribution in [0.25, 0.3) is 0 Å². The van der Waals surface area contributed by atoms with Crippen LogP contribution in [-0.2, 0) is 11.2 Å². The first-order chi connectivity index (χ1) is 12.0. The molecule has 1 aromatic heterocycles. The highest BCUT2D eigenvalue weighted by molar-refractivity contribution is 7.13. The van der Waals surface area contributed by atoms with Gasteiger partial charge in [0, 0.05) is 16.8 Å². The van der Waals surface area contributed by atoms with Gasteiger partial charge in [-0.05, 0) is 49.2 Å². The lowest BCUT2D eigenvalue weighted by atomic mass is 10.1. The number of amides is 1. The van der Waals surface area contributed by atoms with Gasteiger partial charge < -0.3 is 10.6 Å². The van der Waals surface area contributed by atoms with Crippen LogP contribution < -0.4 is 10.6 Å². The molecule has 0 spiro atoms. The number of nitrogens with one attached hydrogen (secondary N) is 2. The minimum absolute atomic E-state index is 0.101. The maximum Gasteiger partial charge on any atom is 0.230 e. The third kappa shape index (κ3) is 4.42. The molecule has 0 unspecified atom stereocenters. The van der Waals surface area contributed by atoms with Crippen molar-refractivity contribution in [3.63, 3.8) is 0 Å². The molecule has 3 aromatic rings. The third-order valence-electron chi connectivity index (χ3n) is 3.73. The minimum atomic E-state index is -0.284. The SMILES string of the molecule is Cc1cccc(C)c1NC(=O)Cc1csc(Nc2ccc(F)cc2)n1. The van der Waals surface area contributed by atoms with Crippen molar-refractivity contribution in [2.24, 2.45) is 0 Å². The summed E-state index contributed by atoms with van der Waals surface area (Å²) in [5.41, 5.74) is 4.36. The van der Waals surface area contributed by atoms with E-state index in [1.165, 1.54) is 23.5 Å². The summed E-state index contributed by atoms with van der Waals surface area (Å²) in [7, 11) is 0. The Balaban J connectivity index is 1.63. The summed E-state index contributed by atoms with van der Waals surface area (Å²) in [6.45, 7) is 3.94. The molecule has 2 aromatic carbocycles. The van der Waals surface area contributed by atoms with E-state index in [4.69, 9.17) is 0 Å². The van der Waals surface area contributed by atoms with E-state index in [0.717, 1.165) is 22.5 Å². The van der Waals surface area contributed by atoms with Crippen molar-refractivity contribution < 1.29 is 9.18 Å². The second-order valence-electron chi connectivity index (χ2n) is 5.77. The van der Waals surface area contributed by atoms with Crippen molar-refractivity contribution in [1.82, 2.24) is 4.98 Å². The molecule has 0 aliphatic carbocycles. The van der Waals surface area contributed by atoms with E-state index in [2.05, 4.69) is 15.6 Å². The first-order valence-electron chi connectivity index (χ1n) is 7.84. The maximum absolute atomic E-state index is 12.9. The van der Waals surface area contributed by atoms with Gasteiger partial charge in [0.2, 0.25) is 5.91 Å². The fraction of sp³-hybridized carbons (Fsp3) is 0.158. The minimum Gasteiger partial charge on any atom is -0.332 e. The van der Waals surface area contributed by atoms with Crippen LogP contribution in [0.3, 0.4) is 0 Å². The molecule has 25 heavy (non-hydrogen) atoms. The number of halogens is 1. The molecule has 6 heteroatoms.